The van der Waals surface area contributed by atoms with Crippen molar-refractivity contribution in [3.63, 3.8) is 0 Å². The molecule has 0 radical (unpaired) electrons. The number of benzene rings is 2. The number of methoxy groups -OCH3 is 1. The summed E-state index contributed by atoms with van der Waals surface area (Å²) in [6, 6.07) is 13.7. The molecular formula is C29H29N3O6S. The highest BCUT2D eigenvalue weighted by Crippen LogP contribution is 2.36. The smallest absolute Gasteiger partial charge is 0.338 e. The molecule has 2 heterocycles. The van der Waals surface area contributed by atoms with E-state index < -0.39 is 12.0 Å². The Labute approximate surface area is 229 Å². The molecule has 4 rings (SSSR count). The average Bonchev–Trinajstić information content (AvgIpc) is 3.21. The van der Waals surface area contributed by atoms with E-state index >= 15 is 0 Å². The third kappa shape index (κ3) is 5.73. The van der Waals surface area contributed by atoms with Crippen LogP contribution in [0.5, 0.6) is 17.2 Å². The van der Waals surface area contributed by atoms with Gasteiger partial charge in [0.05, 0.1) is 41.7 Å². The van der Waals surface area contributed by atoms with Crippen LogP contribution in [0.1, 0.15) is 44.9 Å². The molecule has 0 saturated heterocycles. The monoisotopic (exact) mass is 547 g/mol. The number of hydrogen-bond donors (Lipinski definition) is 0. The zero-order valence-corrected chi connectivity index (χ0v) is 23.2. The Balaban J connectivity index is 1.93. The number of fused-ring (bicyclic) bond motifs is 1. The molecule has 0 N–H and O–H groups in total. The van der Waals surface area contributed by atoms with Crippen molar-refractivity contribution in [1.29, 1.82) is 5.26 Å². The van der Waals surface area contributed by atoms with Crippen LogP contribution >= 0.6 is 11.3 Å². The summed E-state index contributed by atoms with van der Waals surface area (Å²) >= 11 is 1.21. The number of ether oxygens (including phenoxy) is 4. The van der Waals surface area contributed by atoms with Crippen LogP contribution in [0.3, 0.4) is 0 Å². The molecule has 3 aromatic rings. The average molecular weight is 548 g/mol. The largest absolute Gasteiger partial charge is 0.493 e. The normalized spacial score (nSPS) is 14.9. The van der Waals surface area contributed by atoms with Gasteiger partial charge in [0.15, 0.2) is 22.9 Å². The summed E-state index contributed by atoms with van der Waals surface area (Å²) in [5.41, 5.74) is 1.70. The van der Waals surface area contributed by atoms with E-state index in [0.717, 1.165) is 0 Å². The molecule has 10 heteroatoms. The van der Waals surface area contributed by atoms with Gasteiger partial charge in [-0.2, -0.15) is 5.26 Å². The van der Waals surface area contributed by atoms with Crippen molar-refractivity contribution in [3.05, 3.63) is 84.5 Å². The van der Waals surface area contributed by atoms with Gasteiger partial charge in [0, 0.05) is 5.56 Å². The van der Waals surface area contributed by atoms with Gasteiger partial charge >= 0.3 is 5.97 Å². The highest BCUT2D eigenvalue weighted by Gasteiger charge is 2.34. The van der Waals surface area contributed by atoms with Gasteiger partial charge < -0.3 is 18.9 Å². The van der Waals surface area contributed by atoms with Crippen LogP contribution in [0.4, 0.5) is 0 Å². The minimum absolute atomic E-state index is 0.0697. The van der Waals surface area contributed by atoms with Crippen molar-refractivity contribution in [2.24, 2.45) is 4.99 Å². The maximum atomic E-state index is 13.9. The number of hydrogen-bond acceptors (Lipinski definition) is 9. The molecular weight excluding hydrogens is 518 g/mol. The Morgan fingerprint density at radius 2 is 1.97 bits per heavy atom. The Morgan fingerprint density at radius 1 is 1.21 bits per heavy atom. The number of allylic oxidation sites excluding steroid dienone is 1. The minimum Gasteiger partial charge on any atom is -0.493 e. The van der Waals surface area contributed by atoms with Crippen LogP contribution in [-0.4, -0.2) is 37.0 Å². The number of rotatable bonds is 9. The van der Waals surface area contributed by atoms with E-state index in [0.29, 0.717) is 43.4 Å². The second kappa shape index (κ2) is 12.0. The lowest BCUT2D eigenvalue weighted by Crippen LogP contribution is -2.40. The number of carbonyl (C=O) groups is 1. The molecule has 202 valence electrons. The van der Waals surface area contributed by atoms with E-state index in [4.69, 9.17) is 24.2 Å². The Kier molecular flexibility index (Phi) is 8.52. The third-order valence-electron chi connectivity index (χ3n) is 5.88. The fourth-order valence-electron chi connectivity index (χ4n) is 4.29. The lowest BCUT2D eigenvalue weighted by molar-refractivity contribution is -0.139. The Bertz CT molecular complexity index is 1640. The van der Waals surface area contributed by atoms with Gasteiger partial charge in [-0.1, -0.05) is 35.6 Å². The summed E-state index contributed by atoms with van der Waals surface area (Å²) < 4.78 is 24.3. The predicted octanol–water partition coefficient (Wildman–Crippen LogP) is 3.50. The van der Waals surface area contributed by atoms with Gasteiger partial charge in [0.25, 0.3) is 5.56 Å². The first-order valence-electron chi connectivity index (χ1n) is 12.4. The zero-order chi connectivity index (χ0) is 28.1. The summed E-state index contributed by atoms with van der Waals surface area (Å²) in [5, 5.41) is 8.92. The highest BCUT2D eigenvalue weighted by atomic mass is 32.1. The summed E-state index contributed by atoms with van der Waals surface area (Å²) in [6.07, 6.45) is 1.64. The summed E-state index contributed by atoms with van der Waals surface area (Å²) in [5.74, 6) is 0.964. The van der Waals surface area contributed by atoms with Crippen LogP contribution in [0.2, 0.25) is 0 Å². The SMILES string of the molecule is CCOC(=O)C1=C(C)N=c2s/c(=C\c3ccccc3OCC#N)c(=O)n2[C@@H]1c1ccc(OC(C)C)c(OC)c1. The number of aromatic nitrogens is 1. The molecule has 0 bridgehead atoms. The second-order valence-corrected chi connectivity index (χ2v) is 9.87. The fourth-order valence-corrected chi connectivity index (χ4v) is 5.33. The van der Waals surface area contributed by atoms with Crippen LogP contribution in [0.15, 0.2) is 63.5 Å². The van der Waals surface area contributed by atoms with E-state index in [2.05, 4.69) is 4.99 Å². The molecule has 0 aliphatic carbocycles. The van der Waals surface area contributed by atoms with Crippen molar-refractivity contribution in [1.82, 2.24) is 4.57 Å². The molecule has 39 heavy (non-hydrogen) atoms. The number of para-hydroxylation sites is 1. The van der Waals surface area contributed by atoms with Crippen LogP contribution in [0.25, 0.3) is 6.08 Å². The summed E-state index contributed by atoms with van der Waals surface area (Å²) in [7, 11) is 1.54. The zero-order valence-electron chi connectivity index (χ0n) is 22.4. The molecule has 1 aromatic heterocycles. The quantitative estimate of drug-likeness (QED) is 0.377. The molecule has 0 fully saturated rings. The number of nitrogens with zero attached hydrogens (tertiary/aromatic N) is 3. The van der Waals surface area contributed by atoms with E-state index in [-0.39, 0.29) is 30.5 Å². The number of nitriles is 1. The van der Waals surface area contributed by atoms with Gasteiger partial charge in [-0.3, -0.25) is 9.36 Å². The van der Waals surface area contributed by atoms with Gasteiger partial charge in [-0.25, -0.2) is 9.79 Å². The van der Waals surface area contributed by atoms with Crippen LogP contribution < -0.4 is 29.1 Å². The van der Waals surface area contributed by atoms with Crippen molar-refractivity contribution in [3.8, 4) is 23.3 Å². The number of thiazole rings is 1. The van der Waals surface area contributed by atoms with Crippen molar-refractivity contribution < 1.29 is 23.7 Å². The van der Waals surface area contributed by atoms with E-state index in [1.54, 1.807) is 50.3 Å². The Hall–Kier alpha value is -4.36. The summed E-state index contributed by atoms with van der Waals surface area (Å²) in [4.78, 5) is 32.1. The second-order valence-electron chi connectivity index (χ2n) is 8.86. The molecule has 9 nitrogen and oxygen atoms in total. The lowest BCUT2D eigenvalue weighted by Gasteiger charge is -2.25. The fraction of sp³-hybridized carbons (Fsp3) is 0.310. The standard InChI is InChI=1S/C29H29N3O6S/c1-6-36-28(34)25-18(4)31-29-32(26(25)20-11-12-22(38-17(2)3)23(15-20)35-5)27(33)24(39-29)16-19-9-7-8-10-21(19)37-14-13-30/h7-12,15-17,26H,6,14H2,1-5H3/b24-16-/t26-/m1/s1. The van der Waals surface area contributed by atoms with Crippen LogP contribution in [0, 0.1) is 11.3 Å². The molecule has 1 atom stereocenters. The van der Waals surface area contributed by atoms with E-state index in [1.165, 1.54) is 23.0 Å². The first-order chi connectivity index (χ1) is 18.8. The van der Waals surface area contributed by atoms with Gasteiger partial charge in [-0.05, 0) is 57.5 Å². The molecule has 1 aliphatic rings. The topological polar surface area (TPSA) is 112 Å². The van der Waals surface area contributed by atoms with Crippen molar-refractivity contribution in [2.45, 2.75) is 39.8 Å². The van der Waals surface area contributed by atoms with E-state index in [9.17, 15) is 9.59 Å². The van der Waals surface area contributed by atoms with Gasteiger partial charge in [-0.15, -0.1) is 0 Å². The molecule has 0 amide bonds. The molecule has 0 saturated carbocycles. The molecule has 2 aromatic carbocycles. The van der Waals surface area contributed by atoms with Gasteiger partial charge in [0.2, 0.25) is 0 Å². The van der Waals surface area contributed by atoms with E-state index in [1.807, 2.05) is 32.0 Å². The lowest BCUT2D eigenvalue weighted by atomic mass is 9.95. The maximum Gasteiger partial charge on any atom is 0.338 e. The molecule has 1 aliphatic heterocycles. The molecule has 0 unspecified atom stereocenters. The highest BCUT2D eigenvalue weighted by molar-refractivity contribution is 7.07. The predicted molar refractivity (Wildman–Crippen MR) is 147 cm³/mol. The van der Waals surface area contributed by atoms with Gasteiger partial charge in [0.1, 0.15) is 11.8 Å². The first-order valence-corrected chi connectivity index (χ1v) is 13.2. The number of carbonyl (C=O) groups excluding carboxylic acids is 1. The number of esters is 1. The van der Waals surface area contributed by atoms with Crippen molar-refractivity contribution in [2.75, 3.05) is 20.3 Å². The first kappa shape index (κ1) is 27.7. The minimum atomic E-state index is -0.797. The van der Waals surface area contributed by atoms with Crippen LogP contribution in [-0.2, 0) is 9.53 Å². The maximum absolute atomic E-state index is 13.9. The van der Waals surface area contributed by atoms with Crippen molar-refractivity contribution >= 4 is 23.4 Å². The summed E-state index contributed by atoms with van der Waals surface area (Å²) in [6.45, 7) is 7.35. The molecule has 0 spiro atoms. The third-order valence-corrected chi connectivity index (χ3v) is 6.86. The Morgan fingerprint density at radius 3 is 2.67 bits per heavy atom.